The molecule has 3 aromatic rings. The van der Waals surface area contributed by atoms with Crippen LogP contribution < -0.4 is 20.7 Å². The Bertz CT molecular complexity index is 1130. The number of pyridine rings is 1. The molecule has 1 unspecified atom stereocenters. The summed E-state index contributed by atoms with van der Waals surface area (Å²) in [6.07, 6.45) is 5.81. The molecular formula is C25H27ClN4O3. The van der Waals surface area contributed by atoms with E-state index >= 15 is 0 Å². The SMILES string of the molecule is COc1cc(NC(C)CCCNC(=O)/C=C/C(=O)Nc2ccc(Cl)cc2)c2ncccc2c1. The normalized spacial score (nSPS) is 11.8. The van der Waals surface area contributed by atoms with Gasteiger partial charge in [0.25, 0.3) is 0 Å². The van der Waals surface area contributed by atoms with E-state index in [-0.39, 0.29) is 17.9 Å². The van der Waals surface area contributed by atoms with Gasteiger partial charge in [0, 0.05) is 53.1 Å². The number of hydrogen-bond acceptors (Lipinski definition) is 5. The molecule has 0 saturated heterocycles. The first-order chi connectivity index (χ1) is 15.9. The largest absolute Gasteiger partial charge is 0.497 e. The standard InChI is InChI=1S/C25H27ClN4O3/c1-17(29-22-16-21(33-2)15-18-6-4-14-28-25(18)22)5-3-13-27-23(31)11-12-24(32)30-20-9-7-19(26)8-10-20/h4,6-12,14-17,29H,3,5,13H2,1-2H3,(H,27,31)(H,30,32)/b12-11+. The number of carbonyl (C=O) groups is 2. The van der Waals surface area contributed by atoms with Gasteiger partial charge in [-0.1, -0.05) is 17.7 Å². The average molecular weight is 467 g/mol. The van der Waals surface area contributed by atoms with E-state index in [0.29, 0.717) is 17.3 Å². The molecule has 0 bridgehead atoms. The predicted molar refractivity (Wildman–Crippen MR) is 133 cm³/mol. The van der Waals surface area contributed by atoms with E-state index in [9.17, 15) is 9.59 Å². The number of aromatic nitrogens is 1. The van der Waals surface area contributed by atoms with Gasteiger partial charge in [0.1, 0.15) is 5.75 Å². The Morgan fingerprint density at radius 2 is 1.88 bits per heavy atom. The lowest BCUT2D eigenvalue weighted by Gasteiger charge is -2.17. The van der Waals surface area contributed by atoms with Gasteiger partial charge >= 0.3 is 0 Å². The van der Waals surface area contributed by atoms with E-state index in [0.717, 1.165) is 35.2 Å². The zero-order chi connectivity index (χ0) is 23.6. The van der Waals surface area contributed by atoms with Crippen molar-refractivity contribution in [1.29, 1.82) is 0 Å². The van der Waals surface area contributed by atoms with Crippen molar-refractivity contribution in [2.75, 3.05) is 24.3 Å². The Morgan fingerprint density at radius 1 is 1.12 bits per heavy atom. The molecule has 2 aromatic carbocycles. The predicted octanol–water partition coefficient (Wildman–Crippen LogP) is 4.79. The second kappa shape index (κ2) is 11.9. The minimum atomic E-state index is -0.385. The lowest BCUT2D eigenvalue weighted by Crippen LogP contribution is -2.24. The molecule has 2 amide bonds. The smallest absolute Gasteiger partial charge is 0.248 e. The Balaban J connectivity index is 1.41. The summed E-state index contributed by atoms with van der Waals surface area (Å²) in [6, 6.07) is 14.7. The second-order valence-electron chi connectivity index (χ2n) is 7.56. The van der Waals surface area contributed by atoms with Crippen LogP contribution in [0.5, 0.6) is 5.75 Å². The number of benzene rings is 2. The minimum absolute atomic E-state index is 0.167. The quantitative estimate of drug-likeness (QED) is 0.295. The third kappa shape index (κ3) is 7.50. The molecule has 1 heterocycles. The molecule has 172 valence electrons. The van der Waals surface area contributed by atoms with Crippen LogP contribution in [0.15, 0.2) is 66.9 Å². The number of amides is 2. The van der Waals surface area contributed by atoms with Crippen LogP contribution in [0.1, 0.15) is 19.8 Å². The monoisotopic (exact) mass is 466 g/mol. The van der Waals surface area contributed by atoms with Gasteiger partial charge in [0.2, 0.25) is 11.8 Å². The summed E-state index contributed by atoms with van der Waals surface area (Å²) in [4.78, 5) is 28.3. The van der Waals surface area contributed by atoms with Crippen LogP contribution in [0, 0.1) is 0 Å². The molecule has 7 nitrogen and oxygen atoms in total. The Hall–Kier alpha value is -3.58. The number of halogens is 1. The maximum absolute atomic E-state index is 12.0. The summed E-state index contributed by atoms with van der Waals surface area (Å²) in [5.41, 5.74) is 2.41. The average Bonchev–Trinajstić information content (AvgIpc) is 2.82. The molecule has 0 aliphatic rings. The highest BCUT2D eigenvalue weighted by atomic mass is 35.5. The second-order valence-corrected chi connectivity index (χ2v) is 7.99. The molecular weight excluding hydrogens is 440 g/mol. The number of hydrogen-bond donors (Lipinski definition) is 3. The van der Waals surface area contributed by atoms with E-state index in [1.807, 2.05) is 24.3 Å². The van der Waals surface area contributed by atoms with E-state index in [1.165, 1.54) is 12.2 Å². The number of methoxy groups -OCH3 is 1. The zero-order valence-corrected chi connectivity index (χ0v) is 19.4. The van der Waals surface area contributed by atoms with Crippen molar-refractivity contribution in [1.82, 2.24) is 10.3 Å². The number of carbonyl (C=O) groups excluding carboxylic acids is 2. The van der Waals surface area contributed by atoms with Gasteiger partial charge in [-0.05, 0) is 56.2 Å². The van der Waals surface area contributed by atoms with Gasteiger partial charge in [-0.2, -0.15) is 0 Å². The van der Waals surface area contributed by atoms with Gasteiger partial charge < -0.3 is 20.7 Å². The first kappa shape index (κ1) is 24.1. The van der Waals surface area contributed by atoms with E-state index < -0.39 is 0 Å². The highest BCUT2D eigenvalue weighted by Gasteiger charge is 2.09. The van der Waals surface area contributed by atoms with Gasteiger partial charge in [0.05, 0.1) is 18.3 Å². The van der Waals surface area contributed by atoms with Crippen molar-refractivity contribution in [3.05, 3.63) is 71.9 Å². The van der Waals surface area contributed by atoms with E-state index in [1.54, 1.807) is 37.6 Å². The van der Waals surface area contributed by atoms with E-state index in [4.69, 9.17) is 16.3 Å². The van der Waals surface area contributed by atoms with Crippen LogP contribution in [0.3, 0.4) is 0 Å². The summed E-state index contributed by atoms with van der Waals surface area (Å²) < 4.78 is 5.39. The molecule has 0 fully saturated rings. The molecule has 8 heteroatoms. The molecule has 33 heavy (non-hydrogen) atoms. The van der Waals surface area contributed by atoms with Crippen LogP contribution in [-0.2, 0) is 9.59 Å². The third-order valence-corrected chi connectivity index (χ3v) is 5.18. The van der Waals surface area contributed by atoms with Gasteiger partial charge in [-0.15, -0.1) is 0 Å². The molecule has 0 saturated carbocycles. The summed E-state index contributed by atoms with van der Waals surface area (Å²) >= 11 is 5.82. The molecule has 0 aliphatic heterocycles. The van der Waals surface area contributed by atoms with Gasteiger partial charge in [-0.25, -0.2) is 0 Å². The van der Waals surface area contributed by atoms with Gasteiger partial charge in [-0.3, -0.25) is 14.6 Å². The van der Waals surface area contributed by atoms with Gasteiger partial charge in [0.15, 0.2) is 0 Å². The number of ether oxygens (including phenoxy) is 1. The molecule has 1 atom stereocenters. The van der Waals surface area contributed by atoms with Crippen molar-refractivity contribution >= 4 is 45.7 Å². The number of rotatable bonds is 10. The fourth-order valence-electron chi connectivity index (χ4n) is 3.28. The van der Waals surface area contributed by atoms with Crippen molar-refractivity contribution in [2.45, 2.75) is 25.8 Å². The Labute approximate surface area is 198 Å². The maximum Gasteiger partial charge on any atom is 0.248 e. The molecule has 3 N–H and O–H groups in total. The van der Waals surface area contributed by atoms with Crippen LogP contribution in [-0.4, -0.2) is 36.5 Å². The highest BCUT2D eigenvalue weighted by Crippen LogP contribution is 2.28. The molecule has 0 aliphatic carbocycles. The maximum atomic E-state index is 12.0. The number of nitrogens with one attached hydrogen (secondary N) is 3. The first-order valence-electron chi connectivity index (χ1n) is 10.7. The summed E-state index contributed by atoms with van der Waals surface area (Å²) in [7, 11) is 1.64. The minimum Gasteiger partial charge on any atom is -0.497 e. The summed E-state index contributed by atoms with van der Waals surface area (Å²) in [6.45, 7) is 2.59. The molecule has 0 spiro atoms. The first-order valence-corrected chi connectivity index (χ1v) is 11.0. The fourth-order valence-corrected chi connectivity index (χ4v) is 3.40. The van der Waals surface area contributed by atoms with Crippen molar-refractivity contribution < 1.29 is 14.3 Å². The summed E-state index contributed by atoms with van der Waals surface area (Å²) in [5.74, 6) is 0.0682. The van der Waals surface area contributed by atoms with E-state index in [2.05, 4.69) is 27.9 Å². The van der Waals surface area contributed by atoms with Crippen molar-refractivity contribution in [3.8, 4) is 5.75 Å². The van der Waals surface area contributed by atoms with Crippen molar-refractivity contribution in [3.63, 3.8) is 0 Å². The zero-order valence-electron chi connectivity index (χ0n) is 18.6. The topological polar surface area (TPSA) is 92.4 Å². The fraction of sp³-hybridized carbons (Fsp3) is 0.240. The van der Waals surface area contributed by atoms with Crippen molar-refractivity contribution in [2.24, 2.45) is 0 Å². The highest BCUT2D eigenvalue weighted by molar-refractivity contribution is 6.30. The van der Waals surface area contributed by atoms with Crippen LogP contribution in [0.4, 0.5) is 11.4 Å². The Morgan fingerprint density at radius 3 is 2.64 bits per heavy atom. The third-order valence-electron chi connectivity index (χ3n) is 4.93. The lowest BCUT2D eigenvalue weighted by molar-refractivity contribution is -0.117. The van der Waals surface area contributed by atoms with Crippen LogP contribution in [0.25, 0.3) is 10.9 Å². The number of nitrogens with zero attached hydrogens (tertiary/aromatic N) is 1. The molecule has 1 aromatic heterocycles. The lowest BCUT2D eigenvalue weighted by atomic mass is 10.1. The Kier molecular flexibility index (Phi) is 8.66. The van der Waals surface area contributed by atoms with Crippen LogP contribution >= 0.6 is 11.6 Å². The summed E-state index contributed by atoms with van der Waals surface area (Å²) in [5, 5.41) is 10.5. The number of anilines is 2. The molecule has 0 radical (unpaired) electrons. The van der Waals surface area contributed by atoms with Crippen LogP contribution in [0.2, 0.25) is 5.02 Å². The molecule has 3 rings (SSSR count). The number of fused-ring (bicyclic) bond motifs is 1.